The van der Waals surface area contributed by atoms with Crippen molar-refractivity contribution < 1.29 is 4.79 Å². The maximum Gasteiger partial charge on any atom is 0.131 e. The number of carbonyl (C=O) groups excluding carboxylic acids is 1. The van der Waals surface area contributed by atoms with E-state index in [0.717, 1.165) is 11.4 Å². The number of hydrogen-bond donors (Lipinski definition) is 0. The monoisotopic (exact) mass is 180 g/mol. The molecule has 13 heavy (non-hydrogen) atoms. The lowest BCUT2D eigenvalue weighted by Gasteiger charge is -2.11. The first kappa shape index (κ1) is 9.96. The van der Waals surface area contributed by atoms with Crippen molar-refractivity contribution >= 4 is 5.78 Å². The van der Waals surface area contributed by atoms with E-state index < -0.39 is 0 Å². The third-order valence-corrected chi connectivity index (χ3v) is 2.04. The van der Waals surface area contributed by atoms with Crippen LogP contribution < -0.4 is 0 Å². The van der Waals surface area contributed by atoms with Crippen molar-refractivity contribution in [3.8, 4) is 0 Å². The molecule has 1 aromatic rings. The third-order valence-electron chi connectivity index (χ3n) is 2.04. The molecule has 0 fully saturated rings. The Labute approximate surface area is 78.8 Å². The molecule has 1 heterocycles. The lowest BCUT2D eigenvalue weighted by Crippen LogP contribution is -2.11. The molecular weight excluding hydrogens is 164 g/mol. The number of carbonyl (C=O) groups is 1. The molecule has 0 aliphatic carbocycles. The fourth-order valence-electron chi connectivity index (χ4n) is 1.59. The summed E-state index contributed by atoms with van der Waals surface area (Å²) in [6.45, 7) is 7.60. The molecule has 1 unspecified atom stereocenters. The Bertz CT molecular complexity index is 315. The Morgan fingerprint density at radius 2 is 2.23 bits per heavy atom. The van der Waals surface area contributed by atoms with E-state index in [1.165, 1.54) is 0 Å². The van der Waals surface area contributed by atoms with E-state index in [1.807, 2.05) is 31.5 Å². The highest BCUT2D eigenvalue weighted by atomic mass is 16.1. The van der Waals surface area contributed by atoms with E-state index in [2.05, 4.69) is 5.10 Å². The summed E-state index contributed by atoms with van der Waals surface area (Å²) >= 11 is 0. The van der Waals surface area contributed by atoms with Gasteiger partial charge in [0.1, 0.15) is 5.78 Å². The van der Waals surface area contributed by atoms with Gasteiger partial charge in [0.05, 0.1) is 11.7 Å². The average Bonchev–Trinajstić information content (AvgIpc) is 2.28. The number of nitrogens with zero attached hydrogens (tertiary/aromatic N) is 2. The topological polar surface area (TPSA) is 34.9 Å². The number of aromatic nitrogens is 2. The van der Waals surface area contributed by atoms with E-state index in [9.17, 15) is 4.79 Å². The molecule has 3 nitrogen and oxygen atoms in total. The van der Waals surface area contributed by atoms with Crippen LogP contribution in [-0.4, -0.2) is 15.6 Å². The highest BCUT2D eigenvalue weighted by Gasteiger charge is 2.10. The minimum atomic E-state index is 0.172. The van der Waals surface area contributed by atoms with Crippen molar-refractivity contribution in [2.24, 2.45) is 0 Å². The van der Waals surface area contributed by atoms with E-state index >= 15 is 0 Å². The van der Waals surface area contributed by atoms with Gasteiger partial charge in [-0.15, -0.1) is 0 Å². The third kappa shape index (κ3) is 2.41. The van der Waals surface area contributed by atoms with Crippen molar-refractivity contribution in [3.63, 3.8) is 0 Å². The quantitative estimate of drug-likeness (QED) is 0.713. The molecule has 0 saturated carbocycles. The van der Waals surface area contributed by atoms with Gasteiger partial charge in [-0.3, -0.25) is 9.48 Å². The van der Waals surface area contributed by atoms with E-state index in [4.69, 9.17) is 0 Å². The molecule has 1 aromatic heterocycles. The minimum absolute atomic E-state index is 0.172. The molecule has 1 atom stereocenters. The largest absolute Gasteiger partial charge is 0.300 e. The zero-order chi connectivity index (χ0) is 10.0. The molecule has 0 saturated heterocycles. The first-order valence-electron chi connectivity index (χ1n) is 4.53. The highest BCUT2D eigenvalue weighted by molar-refractivity contribution is 5.75. The molecule has 1 rings (SSSR count). The maximum absolute atomic E-state index is 10.9. The zero-order valence-electron chi connectivity index (χ0n) is 8.66. The molecule has 0 spiro atoms. The molecule has 0 aliphatic rings. The van der Waals surface area contributed by atoms with E-state index in [1.54, 1.807) is 6.92 Å². The van der Waals surface area contributed by atoms with Gasteiger partial charge >= 0.3 is 0 Å². The summed E-state index contributed by atoms with van der Waals surface area (Å²) in [5.74, 6) is 0.208. The molecule has 3 heteroatoms. The van der Waals surface area contributed by atoms with E-state index in [0.29, 0.717) is 6.42 Å². The van der Waals surface area contributed by atoms with Gasteiger partial charge in [-0.05, 0) is 33.8 Å². The smallest absolute Gasteiger partial charge is 0.131 e. The molecule has 0 bridgehead atoms. The van der Waals surface area contributed by atoms with Crippen molar-refractivity contribution in [2.45, 2.75) is 40.2 Å². The molecule has 0 radical (unpaired) electrons. The van der Waals surface area contributed by atoms with Gasteiger partial charge in [-0.25, -0.2) is 0 Å². The second-order valence-electron chi connectivity index (χ2n) is 3.63. The fourth-order valence-corrected chi connectivity index (χ4v) is 1.59. The molecular formula is C10H16N2O. The second kappa shape index (κ2) is 3.73. The molecule has 0 aromatic carbocycles. The van der Waals surface area contributed by atoms with Crippen LogP contribution in [0.2, 0.25) is 0 Å². The minimum Gasteiger partial charge on any atom is -0.300 e. The van der Waals surface area contributed by atoms with Crippen molar-refractivity contribution in [1.29, 1.82) is 0 Å². The number of hydrogen-bond acceptors (Lipinski definition) is 2. The summed E-state index contributed by atoms with van der Waals surface area (Å²) in [6, 6.07) is 2.20. The summed E-state index contributed by atoms with van der Waals surface area (Å²) in [4.78, 5) is 10.9. The number of ketones is 1. The highest BCUT2D eigenvalue weighted by Crippen LogP contribution is 2.13. The van der Waals surface area contributed by atoms with Crippen molar-refractivity contribution in [1.82, 2.24) is 9.78 Å². The van der Waals surface area contributed by atoms with E-state index in [-0.39, 0.29) is 11.8 Å². The summed E-state index contributed by atoms with van der Waals surface area (Å²) < 4.78 is 1.91. The fraction of sp³-hybridized carbons (Fsp3) is 0.600. The lowest BCUT2D eigenvalue weighted by molar-refractivity contribution is -0.117. The maximum atomic E-state index is 10.9. The first-order chi connectivity index (χ1) is 6.00. The van der Waals surface area contributed by atoms with Crippen LogP contribution in [0, 0.1) is 13.8 Å². The van der Waals surface area contributed by atoms with Crippen LogP contribution >= 0.6 is 0 Å². The Balaban J connectivity index is 2.81. The molecule has 0 aliphatic heterocycles. The van der Waals surface area contributed by atoms with Crippen molar-refractivity contribution in [2.75, 3.05) is 0 Å². The molecule has 0 amide bonds. The number of aryl methyl sites for hydroxylation is 2. The zero-order valence-corrected chi connectivity index (χ0v) is 8.66. The van der Waals surface area contributed by atoms with Crippen LogP contribution in [0.3, 0.4) is 0 Å². The summed E-state index contributed by atoms with van der Waals surface area (Å²) in [6.07, 6.45) is 0.557. The summed E-state index contributed by atoms with van der Waals surface area (Å²) in [5, 5.41) is 4.33. The van der Waals surface area contributed by atoms with Crippen LogP contribution in [-0.2, 0) is 4.79 Å². The Morgan fingerprint density at radius 3 is 2.62 bits per heavy atom. The van der Waals surface area contributed by atoms with Gasteiger partial charge in [0.2, 0.25) is 0 Å². The predicted molar refractivity (Wildman–Crippen MR) is 51.7 cm³/mol. The van der Waals surface area contributed by atoms with Crippen LogP contribution in [0.4, 0.5) is 0 Å². The van der Waals surface area contributed by atoms with Crippen LogP contribution in [0.1, 0.15) is 37.7 Å². The number of rotatable bonds is 3. The summed E-state index contributed by atoms with van der Waals surface area (Å²) in [5.41, 5.74) is 2.12. The van der Waals surface area contributed by atoms with Gasteiger partial charge in [0.15, 0.2) is 0 Å². The van der Waals surface area contributed by atoms with Gasteiger partial charge in [-0.1, -0.05) is 0 Å². The standard InChI is InChI=1S/C10H16N2O/c1-7-5-8(2)12(11-7)9(3)6-10(4)13/h5,9H,6H2,1-4H3. The van der Waals surface area contributed by atoms with Gasteiger partial charge in [0, 0.05) is 12.1 Å². The normalized spacial score (nSPS) is 12.9. The van der Waals surface area contributed by atoms with Gasteiger partial charge < -0.3 is 0 Å². The molecule has 72 valence electrons. The Hall–Kier alpha value is -1.12. The van der Waals surface area contributed by atoms with Gasteiger partial charge in [-0.2, -0.15) is 5.10 Å². The average molecular weight is 180 g/mol. The first-order valence-corrected chi connectivity index (χ1v) is 4.53. The van der Waals surface area contributed by atoms with Crippen LogP contribution in [0.15, 0.2) is 6.07 Å². The Kier molecular flexibility index (Phi) is 2.86. The second-order valence-corrected chi connectivity index (χ2v) is 3.63. The number of Topliss-reactive ketones (excluding diaryl/α,β-unsaturated/α-hetero) is 1. The Morgan fingerprint density at radius 1 is 1.62 bits per heavy atom. The van der Waals surface area contributed by atoms with Crippen LogP contribution in [0.5, 0.6) is 0 Å². The van der Waals surface area contributed by atoms with Gasteiger partial charge in [0.25, 0.3) is 0 Å². The lowest BCUT2D eigenvalue weighted by atomic mass is 10.2. The SMILES string of the molecule is CC(=O)CC(C)n1nc(C)cc1C. The van der Waals surface area contributed by atoms with Crippen molar-refractivity contribution in [3.05, 3.63) is 17.5 Å². The predicted octanol–water partition coefficient (Wildman–Crippen LogP) is 2.04. The summed E-state index contributed by atoms with van der Waals surface area (Å²) in [7, 11) is 0. The van der Waals surface area contributed by atoms with Crippen LogP contribution in [0.25, 0.3) is 0 Å². The molecule has 0 N–H and O–H groups in total.